The third-order valence-corrected chi connectivity index (χ3v) is 2.90. The number of carboxylic acid groups (broad SMARTS) is 1. The van der Waals surface area contributed by atoms with Gasteiger partial charge in [0.2, 0.25) is 0 Å². The highest BCUT2D eigenvalue weighted by Gasteiger charge is 2.14. The highest BCUT2D eigenvalue weighted by Crippen LogP contribution is 2.33. The van der Waals surface area contributed by atoms with E-state index in [1.807, 2.05) is 0 Å². The second-order valence-electron chi connectivity index (χ2n) is 4.40. The number of rotatable bonds is 3. The van der Waals surface area contributed by atoms with Crippen molar-refractivity contribution < 1.29 is 19.8 Å². The summed E-state index contributed by atoms with van der Waals surface area (Å²) in [5, 5.41) is 22.5. The molecule has 0 aliphatic carbocycles. The Balaban J connectivity index is 2.59. The summed E-state index contributed by atoms with van der Waals surface area (Å²) < 4.78 is 0. The number of fused-ring (bicyclic) bond motifs is 1. The molecule has 2 rings (SSSR count). The van der Waals surface area contributed by atoms with Gasteiger partial charge in [-0.25, -0.2) is 4.79 Å². The Kier molecular flexibility index (Phi) is 3.43. The summed E-state index contributed by atoms with van der Waals surface area (Å²) in [6.45, 7) is 5.13. The van der Waals surface area contributed by atoms with E-state index < -0.39 is 5.97 Å². The van der Waals surface area contributed by atoms with Crippen LogP contribution in [0.1, 0.15) is 17.3 Å². The van der Waals surface area contributed by atoms with Crippen molar-refractivity contribution in [3.8, 4) is 5.75 Å². The van der Waals surface area contributed by atoms with Gasteiger partial charge in [0, 0.05) is 22.0 Å². The molecular formula is C15H13NO4. The first kappa shape index (κ1) is 13.6. The van der Waals surface area contributed by atoms with Crippen LogP contribution >= 0.6 is 0 Å². The summed E-state index contributed by atoms with van der Waals surface area (Å²) in [6.07, 6.45) is 0. The number of aromatic hydroxyl groups is 1. The summed E-state index contributed by atoms with van der Waals surface area (Å²) >= 11 is 0. The average Bonchev–Trinajstić information content (AvgIpc) is 2.39. The maximum absolute atomic E-state index is 11.6. The predicted molar refractivity (Wildman–Crippen MR) is 76.0 cm³/mol. The van der Waals surface area contributed by atoms with Gasteiger partial charge >= 0.3 is 5.97 Å². The van der Waals surface area contributed by atoms with Gasteiger partial charge < -0.3 is 15.5 Å². The largest absolute Gasteiger partial charge is 0.506 e. The summed E-state index contributed by atoms with van der Waals surface area (Å²) in [7, 11) is 0. The Morgan fingerprint density at radius 1 is 1.15 bits per heavy atom. The van der Waals surface area contributed by atoms with Crippen LogP contribution in [0, 0.1) is 0 Å². The first-order chi connectivity index (χ1) is 9.41. The Labute approximate surface area is 115 Å². The van der Waals surface area contributed by atoms with Crippen LogP contribution in [0.4, 0.5) is 5.69 Å². The molecule has 0 atom stereocenters. The number of aromatic carboxylic acids is 1. The summed E-state index contributed by atoms with van der Waals surface area (Å²) in [5.74, 6) is -1.86. The van der Waals surface area contributed by atoms with Crippen LogP contribution in [0.5, 0.6) is 5.75 Å². The van der Waals surface area contributed by atoms with Gasteiger partial charge in [-0.05, 0) is 19.1 Å². The summed E-state index contributed by atoms with van der Waals surface area (Å²) in [4.78, 5) is 22.6. The Morgan fingerprint density at radius 3 is 2.45 bits per heavy atom. The zero-order chi connectivity index (χ0) is 14.9. The molecule has 20 heavy (non-hydrogen) atoms. The van der Waals surface area contributed by atoms with Gasteiger partial charge in [0.15, 0.2) is 0 Å². The lowest BCUT2D eigenvalue weighted by Gasteiger charge is -2.10. The minimum absolute atomic E-state index is 0.180. The fourth-order valence-electron chi connectivity index (χ4n) is 1.85. The number of carboxylic acids is 1. The van der Waals surface area contributed by atoms with E-state index >= 15 is 0 Å². The third kappa shape index (κ3) is 2.33. The van der Waals surface area contributed by atoms with Gasteiger partial charge in [-0.3, -0.25) is 4.79 Å². The number of carbonyl (C=O) groups excluding carboxylic acids is 1. The monoisotopic (exact) mass is 271 g/mol. The smallest absolute Gasteiger partial charge is 0.339 e. The van der Waals surface area contributed by atoms with Gasteiger partial charge in [-0.1, -0.05) is 24.8 Å². The number of amides is 1. The van der Waals surface area contributed by atoms with Crippen molar-refractivity contribution in [1.82, 2.24) is 0 Å². The Bertz CT molecular complexity index is 734. The molecule has 0 radical (unpaired) electrons. The Hall–Kier alpha value is -2.82. The lowest BCUT2D eigenvalue weighted by molar-refractivity contribution is -0.112. The molecule has 2 aromatic rings. The second-order valence-corrected chi connectivity index (χ2v) is 4.40. The number of phenols is 1. The molecule has 0 heterocycles. The quantitative estimate of drug-likeness (QED) is 0.749. The zero-order valence-electron chi connectivity index (χ0n) is 10.8. The highest BCUT2D eigenvalue weighted by molar-refractivity contribution is 6.10. The predicted octanol–water partition coefficient (Wildman–Crippen LogP) is 2.76. The van der Waals surface area contributed by atoms with Gasteiger partial charge in [0.25, 0.3) is 5.91 Å². The number of nitrogens with one attached hydrogen (secondary N) is 1. The van der Waals surface area contributed by atoms with E-state index in [1.165, 1.54) is 6.07 Å². The van der Waals surface area contributed by atoms with E-state index in [-0.39, 0.29) is 17.2 Å². The van der Waals surface area contributed by atoms with Crippen LogP contribution in [0.15, 0.2) is 42.5 Å². The molecule has 3 N–H and O–H groups in total. The van der Waals surface area contributed by atoms with Crippen LogP contribution in [0.3, 0.4) is 0 Å². The second kappa shape index (κ2) is 5.05. The van der Waals surface area contributed by atoms with Gasteiger partial charge in [0.05, 0.1) is 0 Å². The average molecular weight is 271 g/mol. The lowest BCUT2D eigenvalue weighted by Crippen LogP contribution is -2.12. The van der Waals surface area contributed by atoms with Crippen molar-refractivity contribution in [1.29, 1.82) is 0 Å². The molecular weight excluding hydrogens is 258 g/mol. The fourth-order valence-corrected chi connectivity index (χ4v) is 1.85. The number of benzene rings is 2. The molecule has 0 aromatic heterocycles. The number of hydrogen-bond acceptors (Lipinski definition) is 3. The molecule has 102 valence electrons. The molecule has 0 fully saturated rings. The number of carbonyl (C=O) groups is 2. The topological polar surface area (TPSA) is 86.6 Å². The normalized spacial score (nSPS) is 10.2. The van der Waals surface area contributed by atoms with Gasteiger partial charge in [0.1, 0.15) is 11.3 Å². The standard InChI is InChI=1S/C15H13NO4/c1-8(2)14(18)16-12-5-3-4-10-9(12)6-7-11(13(10)17)15(19)20/h3-7,17H,1H2,2H3,(H,16,18)(H,19,20). The van der Waals surface area contributed by atoms with Crippen molar-refractivity contribution in [2.24, 2.45) is 0 Å². The third-order valence-electron chi connectivity index (χ3n) is 2.90. The van der Waals surface area contributed by atoms with E-state index in [2.05, 4.69) is 11.9 Å². The van der Waals surface area contributed by atoms with E-state index in [4.69, 9.17) is 5.11 Å². The fraction of sp³-hybridized carbons (Fsp3) is 0.0667. The van der Waals surface area contributed by atoms with Crippen molar-refractivity contribution in [2.45, 2.75) is 6.92 Å². The molecule has 0 spiro atoms. The van der Waals surface area contributed by atoms with E-state index in [0.29, 0.717) is 22.0 Å². The van der Waals surface area contributed by atoms with Gasteiger partial charge in [-0.15, -0.1) is 0 Å². The summed E-state index contributed by atoms with van der Waals surface area (Å²) in [6, 6.07) is 7.74. The molecule has 5 nitrogen and oxygen atoms in total. The molecule has 1 amide bonds. The SMILES string of the molecule is C=C(C)C(=O)Nc1cccc2c(O)c(C(=O)O)ccc12. The van der Waals surface area contributed by atoms with Crippen LogP contribution < -0.4 is 5.32 Å². The maximum atomic E-state index is 11.6. The van der Waals surface area contributed by atoms with E-state index in [9.17, 15) is 14.7 Å². The van der Waals surface area contributed by atoms with Crippen molar-refractivity contribution in [3.05, 3.63) is 48.0 Å². The van der Waals surface area contributed by atoms with Crippen LogP contribution in [0.25, 0.3) is 10.8 Å². The minimum atomic E-state index is -1.21. The molecule has 0 saturated carbocycles. The van der Waals surface area contributed by atoms with E-state index in [0.717, 1.165) is 0 Å². The highest BCUT2D eigenvalue weighted by atomic mass is 16.4. The first-order valence-electron chi connectivity index (χ1n) is 5.86. The van der Waals surface area contributed by atoms with Crippen molar-refractivity contribution in [2.75, 3.05) is 5.32 Å². The summed E-state index contributed by atoms with van der Waals surface area (Å²) in [5.41, 5.74) is 0.664. The van der Waals surface area contributed by atoms with Crippen LogP contribution in [-0.4, -0.2) is 22.1 Å². The van der Waals surface area contributed by atoms with Crippen LogP contribution in [-0.2, 0) is 4.79 Å². The first-order valence-corrected chi connectivity index (χ1v) is 5.86. The molecule has 2 aromatic carbocycles. The minimum Gasteiger partial charge on any atom is -0.506 e. The van der Waals surface area contributed by atoms with E-state index in [1.54, 1.807) is 31.2 Å². The molecule has 0 aliphatic heterocycles. The molecule has 0 unspecified atom stereocenters. The zero-order valence-corrected chi connectivity index (χ0v) is 10.8. The molecule has 5 heteroatoms. The Morgan fingerprint density at radius 2 is 1.85 bits per heavy atom. The number of hydrogen-bond donors (Lipinski definition) is 3. The van der Waals surface area contributed by atoms with Crippen molar-refractivity contribution in [3.63, 3.8) is 0 Å². The lowest BCUT2D eigenvalue weighted by atomic mass is 10.0. The molecule has 0 aliphatic rings. The van der Waals surface area contributed by atoms with Crippen LogP contribution in [0.2, 0.25) is 0 Å². The molecule has 0 bridgehead atoms. The maximum Gasteiger partial charge on any atom is 0.339 e. The van der Waals surface area contributed by atoms with Crippen molar-refractivity contribution >= 4 is 28.3 Å². The molecule has 0 saturated heterocycles. The van der Waals surface area contributed by atoms with Gasteiger partial charge in [-0.2, -0.15) is 0 Å². The number of anilines is 1.